The van der Waals surface area contributed by atoms with Gasteiger partial charge in [0.15, 0.2) is 0 Å². The summed E-state index contributed by atoms with van der Waals surface area (Å²) in [6, 6.07) is 0. The average Bonchev–Trinajstić information content (AvgIpc) is 2.47. The molecule has 0 unspecified atom stereocenters. The normalized spacial score (nSPS) is 15.5. The van der Waals surface area contributed by atoms with Crippen molar-refractivity contribution < 1.29 is 14.3 Å². The Hall–Kier alpha value is -0.860. The second-order valence-electron chi connectivity index (χ2n) is 4.19. The number of unbranched alkanes of at least 4 members (excludes halogenated alkanes) is 2. The van der Waals surface area contributed by atoms with Crippen LogP contribution in [0.15, 0.2) is 0 Å². The van der Waals surface area contributed by atoms with Gasteiger partial charge in [-0.15, -0.1) is 0 Å². The van der Waals surface area contributed by atoms with Crippen LogP contribution in [0.25, 0.3) is 0 Å². The van der Waals surface area contributed by atoms with Gasteiger partial charge in [0.25, 0.3) is 0 Å². The molecule has 1 saturated heterocycles. The Bertz CT molecular complexity index is 189. The second-order valence-corrected chi connectivity index (χ2v) is 4.19. The maximum absolute atomic E-state index is 10.5. The predicted octanol–water partition coefficient (Wildman–Crippen LogP) is 3.26. The van der Waals surface area contributed by atoms with Crippen molar-refractivity contribution in [3.05, 3.63) is 0 Å². The molecule has 94 valence electrons. The third-order valence-electron chi connectivity index (χ3n) is 2.42. The molecular weight excluding hydrogens is 204 g/mol. The minimum atomic E-state index is -0.0255. The zero-order valence-electron chi connectivity index (χ0n) is 10.6. The van der Waals surface area contributed by atoms with Crippen molar-refractivity contribution in [1.82, 2.24) is 0 Å². The molecule has 0 radical (unpaired) electrons. The summed E-state index contributed by atoms with van der Waals surface area (Å²) in [5.74, 6) is 0.293. The summed E-state index contributed by atoms with van der Waals surface area (Å²) >= 11 is 0. The van der Waals surface area contributed by atoms with E-state index >= 15 is 0 Å². The van der Waals surface area contributed by atoms with E-state index in [-0.39, 0.29) is 5.97 Å². The van der Waals surface area contributed by atoms with E-state index in [4.69, 9.17) is 4.74 Å². The van der Waals surface area contributed by atoms with Crippen LogP contribution in [0.2, 0.25) is 0 Å². The van der Waals surface area contributed by atoms with Gasteiger partial charge in [0, 0.05) is 12.8 Å². The molecule has 16 heavy (non-hydrogen) atoms. The number of ether oxygens (including phenoxy) is 1. The highest BCUT2D eigenvalue weighted by Crippen LogP contribution is 2.06. The van der Waals surface area contributed by atoms with E-state index in [0.717, 1.165) is 32.1 Å². The minimum Gasteiger partial charge on any atom is -0.466 e. The van der Waals surface area contributed by atoms with Crippen molar-refractivity contribution in [2.75, 3.05) is 6.61 Å². The summed E-state index contributed by atoms with van der Waals surface area (Å²) < 4.78 is 4.76. The lowest BCUT2D eigenvalue weighted by molar-refractivity contribution is -0.142. The number of Topliss-reactive ketones (excluding diaryl/α,β-unsaturated/α-hetero) is 1. The molecule has 1 rings (SSSR count). The van der Waals surface area contributed by atoms with Crippen molar-refractivity contribution in [3.8, 4) is 0 Å². The Balaban J connectivity index is 0.000000281. The average molecular weight is 228 g/mol. The van der Waals surface area contributed by atoms with Crippen LogP contribution >= 0.6 is 0 Å². The fraction of sp³-hybridized carbons (Fsp3) is 0.846. The van der Waals surface area contributed by atoms with Gasteiger partial charge in [-0.1, -0.05) is 19.8 Å². The zero-order valence-corrected chi connectivity index (χ0v) is 10.6. The molecule has 1 heterocycles. The number of esters is 1. The van der Waals surface area contributed by atoms with Crippen LogP contribution in [0.4, 0.5) is 0 Å². The van der Waals surface area contributed by atoms with Crippen LogP contribution in [0.3, 0.4) is 0 Å². The summed E-state index contributed by atoms with van der Waals surface area (Å²) in [6.45, 7) is 4.43. The number of hydrogen-bond acceptors (Lipinski definition) is 3. The van der Waals surface area contributed by atoms with Gasteiger partial charge in [-0.3, -0.25) is 4.79 Å². The lowest BCUT2D eigenvalue weighted by atomic mass is 10.2. The third-order valence-corrected chi connectivity index (χ3v) is 2.42. The maximum atomic E-state index is 10.5. The first-order valence-corrected chi connectivity index (χ1v) is 6.32. The van der Waals surface area contributed by atoms with Crippen LogP contribution in [-0.2, 0) is 14.3 Å². The Morgan fingerprint density at radius 3 is 2.62 bits per heavy atom. The van der Waals surface area contributed by atoms with Crippen LogP contribution in [0.1, 0.15) is 65.2 Å². The van der Waals surface area contributed by atoms with Gasteiger partial charge in [0.1, 0.15) is 5.78 Å². The summed E-state index contributed by atoms with van der Waals surface area (Å²) in [6.07, 6.45) is 8.07. The smallest absolute Gasteiger partial charge is 0.305 e. The van der Waals surface area contributed by atoms with E-state index in [2.05, 4.69) is 6.92 Å². The van der Waals surface area contributed by atoms with Gasteiger partial charge >= 0.3 is 5.97 Å². The van der Waals surface area contributed by atoms with Crippen LogP contribution in [0.5, 0.6) is 0 Å². The molecule has 1 fully saturated rings. The van der Waals surface area contributed by atoms with E-state index in [1.165, 1.54) is 12.8 Å². The molecule has 0 aromatic heterocycles. The Morgan fingerprint density at radius 1 is 1.25 bits per heavy atom. The third kappa shape index (κ3) is 11.2. The van der Waals surface area contributed by atoms with Crippen molar-refractivity contribution in [2.24, 2.45) is 0 Å². The van der Waals surface area contributed by atoms with Crippen molar-refractivity contribution in [3.63, 3.8) is 0 Å². The molecule has 0 bridgehead atoms. The fourth-order valence-corrected chi connectivity index (χ4v) is 1.43. The Labute approximate surface area is 98.6 Å². The van der Waals surface area contributed by atoms with Gasteiger partial charge in [-0.25, -0.2) is 0 Å². The van der Waals surface area contributed by atoms with Crippen molar-refractivity contribution in [1.29, 1.82) is 0 Å². The van der Waals surface area contributed by atoms with Gasteiger partial charge in [-0.2, -0.15) is 0 Å². The number of carbonyl (C=O) groups is 2. The Morgan fingerprint density at radius 2 is 2.00 bits per heavy atom. The highest BCUT2D eigenvalue weighted by atomic mass is 16.5. The minimum absolute atomic E-state index is 0.0255. The largest absolute Gasteiger partial charge is 0.466 e. The number of hydrogen-bond donors (Lipinski definition) is 0. The number of carbonyl (C=O) groups excluding carboxylic acids is 2. The van der Waals surface area contributed by atoms with E-state index in [0.29, 0.717) is 18.8 Å². The number of ketones is 1. The van der Waals surface area contributed by atoms with Gasteiger partial charge < -0.3 is 9.53 Å². The standard InChI is InChI=1S/C7H14O.C6H10O2/c1-3-4-5-6-7(2)8;7-6-4-2-1-3-5-8-6/h3-6H2,1-2H3;1-5H2. The first-order valence-electron chi connectivity index (χ1n) is 6.32. The Kier molecular flexibility index (Phi) is 10.1. The molecule has 3 heteroatoms. The van der Waals surface area contributed by atoms with E-state index in [1.54, 1.807) is 6.92 Å². The van der Waals surface area contributed by atoms with Gasteiger partial charge in [-0.05, 0) is 32.6 Å². The van der Waals surface area contributed by atoms with Crippen molar-refractivity contribution in [2.45, 2.75) is 65.2 Å². The number of rotatable bonds is 4. The summed E-state index contributed by atoms with van der Waals surface area (Å²) in [4.78, 5) is 20.8. The highest BCUT2D eigenvalue weighted by molar-refractivity contribution is 5.75. The summed E-state index contributed by atoms with van der Waals surface area (Å²) in [7, 11) is 0. The van der Waals surface area contributed by atoms with E-state index < -0.39 is 0 Å². The van der Waals surface area contributed by atoms with E-state index in [9.17, 15) is 9.59 Å². The van der Waals surface area contributed by atoms with Crippen molar-refractivity contribution >= 4 is 11.8 Å². The lowest BCUT2D eigenvalue weighted by Crippen LogP contribution is -2.00. The highest BCUT2D eigenvalue weighted by Gasteiger charge is 2.05. The van der Waals surface area contributed by atoms with Crippen LogP contribution in [0, 0.1) is 0 Å². The first-order chi connectivity index (χ1) is 7.66. The molecule has 3 nitrogen and oxygen atoms in total. The van der Waals surface area contributed by atoms with Crippen LogP contribution in [-0.4, -0.2) is 18.4 Å². The molecule has 0 amide bonds. The quantitative estimate of drug-likeness (QED) is 0.548. The molecule has 0 N–H and O–H groups in total. The lowest BCUT2D eigenvalue weighted by Gasteiger charge is -1.93. The first kappa shape index (κ1) is 15.1. The van der Waals surface area contributed by atoms with Gasteiger partial charge in [0.05, 0.1) is 6.61 Å². The molecule has 1 aliphatic rings. The molecule has 0 aromatic carbocycles. The molecule has 0 saturated carbocycles. The molecule has 0 aliphatic carbocycles. The van der Waals surface area contributed by atoms with Crippen LogP contribution < -0.4 is 0 Å². The topological polar surface area (TPSA) is 43.4 Å². The molecular formula is C13H24O3. The monoisotopic (exact) mass is 228 g/mol. The van der Waals surface area contributed by atoms with E-state index in [1.807, 2.05) is 0 Å². The van der Waals surface area contributed by atoms with Gasteiger partial charge in [0.2, 0.25) is 0 Å². The second kappa shape index (κ2) is 10.7. The molecule has 0 atom stereocenters. The summed E-state index contributed by atoms with van der Waals surface area (Å²) in [5, 5.41) is 0. The summed E-state index contributed by atoms with van der Waals surface area (Å²) in [5.41, 5.74) is 0. The fourth-order valence-electron chi connectivity index (χ4n) is 1.43. The molecule has 0 aromatic rings. The molecule has 0 spiro atoms. The zero-order chi connectivity index (χ0) is 12.2. The predicted molar refractivity (Wildman–Crippen MR) is 64.3 cm³/mol. The maximum Gasteiger partial charge on any atom is 0.305 e. The molecule has 1 aliphatic heterocycles. The number of cyclic esters (lactones) is 1. The SMILES string of the molecule is CCCCCC(C)=O.O=C1CCCCCO1.